The first kappa shape index (κ1) is 16.1. The van der Waals surface area contributed by atoms with Crippen LogP contribution in [0.1, 0.15) is 18.5 Å². The number of nitrogens with two attached hydrogens (primary N) is 1. The van der Waals surface area contributed by atoms with E-state index in [1.165, 1.54) is 0 Å². The van der Waals surface area contributed by atoms with Crippen molar-refractivity contribution in [3.63, 3.8) is 0 Å². The molecule has 1 aliphatic heterocycles. The smallest absolute Gasteiger partial charge is 0.0640 e. The minimum atomic E-state index is 0.133. The molecule has 1 aromatic rings. The third-order valence-corrected chi connectivity index (χ3v) is 5.10. The fourth-order valence-electron chi connectivity index (χ4n) is 3.16. The van der Waals surface area contributed by atoms with Gasteiger partial charge >= 0.3 is 0 Å². The maximum atomic E-state index is 6.36. The third-order valence-electron chi connectivity index (χ3n) is 4.27. The molecule has 0 radical (unpaired) electrons. The van der Waals surface area contributed by atoms with Crippen molar-refractivity contribution in [3.05, 3.63) is 33.8 Å². The topological polar surface area (TPSA) is 32.5 Å². The van der Waals surface area contributed by atoms with Crippen molar-refractivity contribution in [2.75, 3.05) is 33.7 Å². The molecule has 0 bridgehead atoms. The van der Waals surface area contributed by atoms with E-state index in [0.29, 0.717) is 28.5 Å². The summed E-state index contributed by atoms with van der Waals surface area (Å²) in [6, 6.07) is 6.47. The van der Waals surface area contributed by atoms with Gasteiger partial charge in [0.25, 0.3) is 0 Å². The van der Waals surface area contributed by atoms with Crippen molar-refractivity contribution in [1.29, 1.82) is 0 Å². The Kier molecular flexibility index (Phi) is 5.32. The van der Waals surface area contributed by atoms with Gasteiger partial charge in [0.15, 0.2) is 0 Å². The summed E-state index contributed by atoms with van der Waals surface area (Å²) < 4.78 is 0. The van der Waals surface area contributed by atoms with Crippen molar-refractivity contribution >= 4 is 23.2 Å². The van der Waals surface area contributed by atoms with Gasteiger partial charge < -0.3 is 10.6 Å². The Morgan fingerprint density at radius 2 is 2.05 bits per heavy atom. The minimum absolute atomic E-state index is 0.133. The first-order chi connectivity index (χ1) is 9.45. The lowest BCUT2D eigenvalue weighted by Gasteiger charge is -2.29. The Morgan fingerprint density at radius 3 is 2.60 bits per heavy atom. The molecule has 0 spiro atoms. The zero-order chi connectivity index (χ0) is 14.9. The van der Waals surface area contributed by atoms with Gasteiger partial charge in [0.2, 0.25) is 0 Å². The third kappa shape index (κ3) is 3.12. The van der Waals surface area contributed by atoms with Crippen LogP contribution in [-0.2, 0) is 0 Å². The molecule has 3 atom stereocenters. The molecule has 1 aliphatic rings. The van der Waals surface area contributed by atoms with Crippen LogP contribution in [0, 0.1) is 5.92 Å². The van der Waals surface area contributed by atoms with Crippen LogP contribution in [0.5, 0.6) is 0 Å². The van der Waals surface area contributed by atoms with E-state index in [9.17, 15) is 0 Å². The van der Waals surface area contributed by atoms with E-state index in [2.05, 4.69) is 30.8 Å². The SMILES string of the molecule is CC1CN(C(CN)c2cccc(Cl)c2Cl)CC1N(C)C. The molecule has 0 amide bonds. The second kappa shape index (κ2) is 6.63. The lowest BCUT2D eigenvalue weighted by atomic mass is 10.1. The largest absolute Gasteiger partial charge is 0.329 e. The van der Waals surface area contributed by atoms with E-state index in [1.807, 2.05) is 18.2 Å². The molecular formula is C15H23Cl2N3. The average molecular weight is 316 g/mol. The summed E-state index contributed by atoms with van der Waals surface area (Å²) >= 11 is 12.5. The highest BCUT2D eigenvalue weighted by molar-refractivity contribution is 6.42. The van der Waals surface area contributed by atoms with E-state index < -0.39 is 0 Å². The highest BCUT2D eigenvalue weighted by Crippen LogP contribution is 2.35. The van der Waals surface area contributed by atoms with E-state index in [4.69, 9.17) is 28.9 Å². The molecule has 0 aliphatic carbocycles. The van der Waals surface area contributed by atoms with Gasteiger partial charge in [-0.1, -0.05) is 42.3 Å². The Morgan fingerprint density at radius 1 is 1.35 bits per heavy atom. The molecule has 1 aromatic carbocycles. The second-order valence-corrected chi connectivity index (χ2v) is 6.64. The molecule has 0 aromatic heterocycles. The van der Waals surface area contributed by atoms with Crippen LogP contribution in [0.25, 0.3) is 0 Å². The highest BCUT2D eigenvalue weighted by Gasteiger charge is 2.35. The number of hydrogen-bond acceptors (Lipinski definition) is 3. The normalized spacial score (nSPS) is 25.4. The summed E-state index contributed by atoms with van der Waals surface area (Å²) in [6.07, 6.45) is 0. The Balaban J connectivity index is 2.23. The Hall–Kier alpha value is -0.320. The molecule has 2 rings (SSSR count). The summed E-state index contributed by atoms with van der Waals surface area (Å²) in [5.74, 6) is 0.622. The standard InChI is InChI=1S/C15H23Cl2N3/c1-10-8-20(9-14(10)19(2)3)13(7-18)11-5-4-6-12(16)15(11)17/h4-6,10,13-14H,7-9,18H2,1-3H3. The summed E-state index contributed by atoms with van der Waals surface area (Å²) in [5, 5.41) is 1.23. The van der Waals surface area contributed by atoms with E-state index in [0.717, 1.165) is 18.7 Å². The summed E-state index contributed by atoms with van der Waals surface area (Å²) in [7, 11) is 4.27. The molecule has 20 heavy (non-hydrogen) atoms. The van der Waals surface area contributed by atoms with Crippen molar-refractivity contribution < 1.29 is 0 Å². The predicted octanol–water partition coefficient (Wildman–Crippen LogP) is 2.88. The van der Waals surface area contributed by atoms with Gasteiger partial charge in [-0.25, -0.2) is 0 Å². The molecule has 0 saturated carbocycles. The molecule has 3 unspecified atom stereocenters. The Bertz CT molecular complexity index is 464. The van der Waals surface area contributed by atoms with Crippen LogP contribution in [0.2, 0.25) is 10.0 Å². The van der Waals surface area contributed by atoms with Gasteiger partial charge in [-0.2, -0.15) is 0 Å². The van der Waals surface area contributed by atoms with Crippen LogP contribution < -0.4 is 5.73 Å². The first-order valence-electron chi connectivity index (χ1n) is 7.00. The van der Waals surface area contributed by atoms with E-state index in [-0.39, 0.29) is 6.04 Å². The van der Waals surface area contributed by atoms with Crippen LogP contribution in [-0.4, -0.2) is 49.6 Å². The quantitative estimate of drug-likeness (QED) is 0.927. The maximum absolute atomic E-state index is 6.36. The van der Waals surface area contributed by atoms with Crippen LogP contribution in [0.4, 0.5) is 0 Å². The molecule has 1 heterocycles. The zero-order valence-corrected chi connectivity index (χ0v) is 13.8. The lowest BCUT2D eigenvalue weighted by molar-refractivity contribution is 0.219. The predicted molar refractivity (Wildman–Crippen MR) is 86.5 cm³/mol. The van der Waals surface area contributed by atoms with Crippen LogP contribution in [0.3, 0.4) is 0 Å². The second-order valence-electron chi connectivity index (χ2n) is 5.86. The number of nitrogens with zero attached hydrogens (tertiary/aromatic N) is 2. The Labute approximate surface area is 131 Å². The van der Waals surface area contributed by atoms with Crippen molar-refractivity contribution in [1.82, 2.24) is 9.80 Å². The number of rotatable bonds is 4. The van der Waals surface area contributed by atoms with Crippen molar-refractivity contribution in [2.24, 2.45) is 11.7 Å². The molecule has 1 saturated heterocycles. The van der Waals surface area contributed by atoms with Crippen LogP contribution in [0.15, 0.2) is 18.2 Å². The van der Waals surface area contributed by atoms with Gasteiger partial charge in [0, 0.05) is 31.7 Å². The first-order valence-corrected chi connectivity index (χ1v) is 7.75. The maximum Gasteiger partial charge on any atom is 0.0640 e. The van der Waals surface area contributed by atoms with Gasteiger partial charge in [-0.3, -0.25) is 4.90 Å². The number of likely N-dealkylation sites (tertiary alicyclic amines) is 1. The summed E-state index contributed by atoms with van der Waals surface area (Å²) in [6.45, 7) is 4.89. The van der Waals surface area contributed by atoms with Crippen molar-refractivity contribution in [2.45, 2.75) is 19.0 Å². The molecule has 1 fully saturated rings. The van der Waals surface area contributed by atoms with Crippen LogP contribution >= 0.6 is 23.2 Å². The summed E-state index contributed by atoms with van der Waals surface area (Å²) in [5.41, 5.74) is 7.05. The van der Waals surface area contributed by atoms with Gasteiger partial charge in [0.05, 0.1) is 10.0 Å². The summed E-state index contributed by atoms with van der Waals surface area (Å²) in [4.78, 5) is 4.71. The van der Waals surface area contributed by atoms with Gasteiger partial charge in [-0.05, 0) is 31.6 Å². The molecule has 2 N–H and O–H groups in total. The number of benzene rings is 1. The van der Waals surface area contributed by atoms with E-state index >= 15 is 0 Å². The van der Waals surface area contributed by atoms with Gasteiger partial charge in [0.1, 0.15) is 0 Å². The fraction of sp³-hybridized carbons (Fsp3) is 0.600. The molecule has 112 valence electrons. The van der Waals surface area contributed by atoms with Gasteiger partial charge in [-0.15, -0.1) is 0 Å². The average Bonchev–Trinajstić information content (AvgIpc) is 2.77. The number of hydrogen-bond donors (Lipinski definition) is 1. The molecule has 3 nitrogen and oxygen atoms in total. The fourth-order valence-corrected chi connectivity index (χ4v) is 3.60. The molecule has 5 heteroatoms. The van der Waals surface area contributed by atoms with Crippen molar-refractivity contribution in [3.8, 4) is 0 Å². The monoisotopic (exact) mass is 315 g/mol. The minimum Gasteiger partial charge on any atom is -0.329 e. The number of halogens is 2. The lowest BCUT2D eigenvalue weighted by Crippen LogP contribution is -2.36. The highest BCUT2D eigenvalue weighted by atomic mass is 35.5. The molecular weight excluding hydrogens is 293 g/mol. The number of likely N-dealkylation sites (N-methyl/N-ethyl adjacent to an activating group) is 1. The zero-order valence-electron chi connectivity index (χ0n) is 12.3. The van der Waals surface area contributed by atoms with E-state index in [1.54, 1.807) is 0 Å².